The summed E-state index contributed by atoms with van der Waals surface area (Å²) in [6.07, 6.45) is 2.63. The van der Waals surface area contributed by atoms with E-state index in [1.54, 1.807) is 13.4 Å². The van der Waals surface area contributed by atoms with Crippen molar-refractivity contribution in [3.05, 3.63) is 41.5 Å². The van der Waals surface area contributed by atoms with Gasteiger partial charge in [0.25, 0.3) is 0 Å². The Morgan fingerprint density at radius 1 is 1.21 bits per heavy atom. The molecular weight excluding hydrogens is 483 g/mol. The van der Waals surface area contributed by atoms with E-state index in [0.29, 0.717) is 19.8 Å². The van der Waals surface area contributed by atoms with Crippen molar-refractivity contribution in [1.29, 1.82) is 0 Å². The predicted molar refractivity (Wildman–Crippen MR) is 126 cm³/mol. The molecule has 8 nitrogen and oxygen atoms in total. The van der Waals surface area contributed by atoms with E-state index < -0.39 is 0 Å². The largest absolute Gasteiger partial charge is 0.491 e. The average molecular weight is 516 g/mol. The van der Waals surface area contributed by atoms with Crippen LogP contribution in [0.3, 0.4) is 0 Å². The molecule has 2 N–H and O–H groups in total. The van der Waals surface area contributed by atoms with Gasteiger partial charge in [0.15, 0.2) is 5.96 Å². The maximum Gasteiger partial charge on any atom is 0.191 e. The lowest BCUT2D eigenvalue weighted by molar-refractivity contribution is 0.145. The van der Waals surface area contributed by atoms with E-state index in [-0.39, 0.29) is 24.0 Å². The molecule has 0 aliphatic carbocycles. The Morgan fingerprint density at radius 3 is 2.76 bits per heavy atom. The molecule has 162 valence electrons. The second-order valence-corrected chi connectivity index (χ2v) is 6.37. The third-order valence-corrected chi connectivity index (χ3v) is 4.18. The zero-order valence-electron chi connectivity index (χ0n) is 17.8. The number of ether oxygens (including phenoxy) is 2. The van der Waals surface area contributed by atoms with Gasteiger partial charge in [0.1, 0.15) is 24.5 Å². The van der Waals surface area contributed by atoms with Crippen LogP contribution in [0, 0.1) is 6.92 Å². The second-order valence-electron chi connectivity index (χ2n) is 6.37. The summed E-state index contributed by atoms with van der Waals surface area (Å²) in [5.74, 6) is 2.62. The minimum Gasteiger partial charge on any atom is -0.491 e. The lowest BCUT2D eigenvalue weighted by atomic mass is 10.1. The molecule has 0 aliphatic heterocycles. The minimum atomic E-state index is 0. The number of guanidine groups is 1. The van der Waals surface area contributed by atoms with Gasteiger partial charge in [-0.15, -0.1) is 34.2 Å². The van der Waals surface area contributed by atoms with Crippen molar-refractivity contribution in [2.45, 2.75) is 40.3 Å². The van der Waals surface area contributed by atoms with Gasteiger partial charge in [-0.25, -0.2) is 4.99 Å². The van der Waals surface area contributed by atoms with Crippen molar-refractivity contribution >= 4 is 29.9 Å². The quantitative estimate of drug-likeness (QED) is 0.207. The first-order valence-electron chi connectivity index (χ1n) is 9.78. The van der Waals surface area contributed by atoms with Gasteiger partial charge in [-0.05, 0) is 25.5 Å². The molecule has 0 bridgehead atoms. The molecule has 1 aromatic heterocycles. The van der Waals surface area contributed by atoms with Gasteiger partial charge in [0.05, 0.1) is 13.2 Å². The SMILES string of the molecule is CCNC(=NCc1ccc(C)cc1OCCOC)NCCn1cnnc1CC.I. The van der Waals surface area contributed by atoms with Crippen molar-refractivity contribution in [3.8, 4) is 5.75 Å². The third kappa shape index (κ3) is 8.57. The summed E-state index contributed by atoms with van der Waals surface area (Å²) < 4.78 is 13.0. The maximum atomic E-state index is 5.85. The van der Waals surface area contributed by atoms with Crippen molar-refractivity contribution < 1.29 is 9.47 Å². The monoisotopic (exact) mass is 516 g/mol. The van der Waals surface area contributed by atoms with Gasteiger partial charge in [-0.3, -0.25) is 0 Å². The van der Waals surface area contributed by atoms with Crippen LogP contribution in [0.4, 0.5) is 0 Å². The smallest absolute Gasteiger partial charge is 0.191 e. The summed E-state index contributed by atoms with van der Waals surface area (Å²) in [7, 11) is 1.67. The highest BCUT2D eigenvalue weighted by Crippen LogP contribution is 2.21. The van der Waals surface area contributed by atoms with Crippen molar-refractivity contribution in [2.75, 3.05) is 33.4 Å². The van der Waals surface area contributed by atoms with E-state index in [4.69, 9.17) is 14.5 Å². The molecule has 1 aromatic carbocycles. The van der Waals surface area contributed by atoms with Gasteiger partial charge >= 0.3 is 0 Å². The van der Waals surface area contributed by atoms with Crippen LogP contribution < -0.4 is 15.4 Å². The normalized spacial score (nSPS) is 11.1. The van der Waals surface area contributed by atoms with E-state index in [1.807, 2.05) is 6.07 Å². The summed E-state index contributed by atoms with van der Waals surface area (Å²) in [5, 5.41) is 14.7. The highest BCUT2D eigenvalue weighted by atomic mass is 127. The molecule has 0 unspecified atom stereocenters. The Kier molecular flexibility index (Phi) is 12.3. The number of nitrogens with zero attached hydrogens (tertiary/aromatic N) is 4. The summed E-state index contributed by atoms with van der Waals surface area (Å²) in [6.45, 7) is 10.1. The molecule has 29 heavy (non-hydrogen) atoms. The van der Waals surface area contributed by atoms with Crippen LogP contribution in [0.5, 0.6) is 5.75 Å². The zero-order valence-corrected chi connectivity index (χ0v) is 20.1. The van der Waals surface area contributed by atoms with E-state index in [9.17, 15) is 0 Å². The summed E-state index contributed by atoms with van der Waals surface area (Å²) in [6, 6.07) is 6.18. The first kappa shape index (κ1) is 25.2. The number of rotatable bonds is 11. The van der Waals surface area contributed by atoms with Crippen LogP contribution in [0.1, 0.15) is 30.8 Å². The first-order valence-corrected chi connectivity index (χ1v) is 9.78. The second kappa shape index (κ2) is 14.2. The van der Waals surface area contributed by atoms with Gasteiger partial charge in [0, 0.05) is 38.7 Å². The number of hydrogen-bond donors (Lipinski definition) is 2. The fourth-order valence-corrected chi connectivity index (χ4v) is 2.70. The maximum absolute atomic E-state index is 5.85. The van der Waals surface area contributed by atoms with E-state index in [2.05, 4.69) is 58.3 Å². The van der Waals surface area contributed by atoms with Gasteiger partial charge in [-0.2, -0.15) is 0 Å². The van der Waals surface area contributed by atoms with Crippen LogP contribution in [-0.2, 0) is 24.2 Å². The number of hydrogen-bond acceptors (Lipinski definition) is 5. The Hall–Kier alpha value is -1.88. The number of halogens is 1. The van der Waals surface area contributed by atoms with Crippen LogP contribution in [-0.4, -0.2) is 54.1 Å². The molecular formula is C20H33IN6O2. The molecule has 0 atom stereocenters. The number of aliphatic imine (C=N–C) groups is 1. The molecule has 0 fully saturated rings. The van der Waals surface area contributed by atoms with Crippen molar-refractivity contribution in [3.63, 3.8) is 0 Å². The Labute approximate surface area is 190 Å². The summed E-state index contributed by atoms with van der Waals surface area (Å²) >= 11 is 0. The first-order chi connectivity index (χ1) is 13.7. The van der Waals surface area contributed by atoms with Crippen LogP contribution in [0.15, 0.2) is 29.5 Å². The highest BCUT2D eigenvalue weighted by Gasteiger charge is 2.06. The zero-order chi connectivity index (χ0) is 20.2. The number of aryl methyl sites for hydroxylation is 2. The number of nitrogens with one attached hydrogen (secondary N) is 2. The van der Waals surface area contributed by atoms with Gasteiger partial charge < -0.3 is 24.7 Å². The molecule has 0 aliphatic rings. The van der Waals surface area contributed by atoms with Crippen molar-refractivity contribution in [1.82, 2.24) is 25.4 Å². The molecule has 2 aromatic rings. The fourth-order valence-electron chi connectivity index (χ4n) is 2.70. The van der Waals surface area contributed by atoms with E-state index in [1.165, 1.54) is 0 Å². The molecule has 0 spiro atoms. The molecule has 0 amide bonds. The van der Waals surface area contributed by atoms with Crippen LogP contribution in [0.25, 0.3) is 0 Å². The molecule has 2 rings (SSSR count). The van der Waals surface area contributed by atoms with Crippen LogP contribution >= 0.6 is 24.0 Å². The number of aromatic nitrogens is 3. The Morgan fingerprint density at radius 2 is 2.03 bits per heavy atom. The Bertz CT molecular complexity index is 750. The van der Waals surface area contributed by atoms with Crippen LogP contribution in [0.2, 0.25) is 0 Å². The molecule has 0 saturated carbocycles. The van der Waals surface area contributed by atoms with Crippen molar-refractivity contribution in [2.24, 2.45) is 4.99 Å². The van der Waals surface area contributed by atoms with E-state index in [0.717, 1.165) is 54.7 Å². The molecule has 9 heteroatoms. The van der Waals surface area contributed by atoms with Gasteiger partial charge in [-0.1, -0.05) is 19.1 Å². The number of benzene rings is 1. The third-order valence-electron chi connectivity index (χ3n) is 4.18. The Balaban J connectivity index is 0.00000420. The predicted octanol–water partition coefficient (Wildman–Crippen LogP) is 2.55. The topological polar surface area (TPSA) is 85.6 Å². The molecule has 0 radical (unpaired) electrons. The molecule has 1 heterocycles. The highest BCUT2D eigenvalue weighted by molar-refractivity contribution is 14.0. The van der Waals surface area contributed by atoms with Gasteiger partial charge in [0.2, 0.25) is 0 Å². The summed E-state index contributed by atoms with van der Waals surface area (Å²) in [4.78, 5) is 4.71. The average Bonchev–Trinajstić information content (AvgIpc) is 3.15. The minimum absolute atomic E-state index is 0. The van der Waals surface area contributed by atoms with E-state index >= 15 is 0 Å². The molecule has 0 saturated heterocycles. The lowest BCUT2D eigenvalue weighted by Crippen LogP contribution is -2.38. The number of methoxy groups -OCH3 is 1. The fraction of sp³-hybridized carbons (Fsp3) is 0.550. The lowest BCUT2D eigenvalue weighted by Gasteiger charge is -2.14. The summed E-state index contributed by atoms with van der Waals surface area (Å²) in [5.41, 5.74) is 2.21. The standard InChI is InChI=1S/C20H32N6O2.HI/c1-5-19-25-24-15-26(19)10-9-22-20(21-6-2)23-14-17-8-7-16(3)13-18(17)28-12-11-27-4;/h7-8,13,15H,5-6,9-12,14H2,1-4H3,(H2,21,22,23);1H.